The lowest BCUT2D eigenvalue weighted by Gasteiger charge is -2.03. The van der Waals surface area contributed by atoms with E-state index in [1.165, 1.54) is 0 Å². The summed E-state index contributed by atoms with van der Waals surface area (Å²) in [5.41, 5.74) is 4.01. The third-order valence-electron chi connectivity index (χ3n) is 4.02. The quantitative estimate of drug-likeness (QED) is 0.544. The molecule has 6 heteroatoms. The first-order chi connectivity index (χ1) is 12.7. The average molecular weight is 360 g/mol. The predicted molar refractivity (Wildman–Crippen MR) is 102 cm³/mol. The molecule has 2 heterocycles. The van der Waals surface area contributed by atoms with Gasteiger partial charge in [-0.15, -0.1) is 0 Å². The van der Waals surface area contributed by atoms with Crippen LogP contribution in [-0.4, -0.2) is 19.7 Å². The molecule has 0 unspecified atom stereocenters. The smallest absolute Gasteiger partial charge is 0.149 e. The summed E-state index contributed by atoms with van der Waals surface area (Å²) in [6.45, 7) is 0.569. The van der Waals surface area contributed by atoms with Crippen LogP contribution < -0.4 is 0 Å². The van der Waals surface area contributed by atoms with E-state index in [-0.39, 0.29) is 0 Å². The van der Waals surface area contributed by atoms with Crippen molar-refractivity contribution in [1.82, 2.24) is 19.7 Å². The van der Waals surface area contributed by atoms with E-state index in [9.17, 15) is 5.26 Å². The first kappa shape index (κ1) is 16.1. The van der Waals surface area contributed by atoms with Gasteiger partial charge in [0.15, 0.2) is 0 Å². The zero-order chi connectivity index (χ0) is 17.9. The van der Waals surface area contributed by atoms with E-state index in [1.54, 1.807) is 17.0 Å². The van der Waals surface area contributed by atoms with Crippen molar-refractivity contribution < 1.29 is 0 Å². The largest absolute Gasteiger partial charge is 0.337 e. The van der Waals surface area contributed by atoms with E-state index >= 15 is 0 Å². The molecule has 4 rings (SSSR count). The molecule has 26 heavy (non-hydrogen) atoms. The zero-order valence-corrected chi connectivity index (χ0v) is 14.5. The number of nitrogens with one attached hydrogen (secondary N) is 1. The number of rotatable bonds is 4. The molecular formula is C20H14ClN5. The summed E-state index contributed by atoms with van der Waals surface area (Å²) in [7, 11) is 0. The SMILES string of the molecule is N#C/C(=C\c1cnn(Cc2ccccc2Cl)c1)c1nc2ccccc2[nH]1. The van der Waals surface area contributed by atoms with E-state index < -0.39 is 0 Å². The van der Waals surface area contributed by atoms with Crippen LogP contribution in [0.4, 0.5) is 0 Å². The van der Waals surface area contributed by atoms with E-state index in [0.29, 0.717) is 23.0 Å². The van der Waals surface area contributed by atoms with Crippen molar-refractivity contribution >= 4 is 34.3 Å². The topological polar surface area (TPSA) is 70.3 Å². The number of hydrogen-bond donors (Lipinski definition) is 1. The highest BCUT2D eigenvalue weighted by atomic mass is 35.5. The molecule has 4 aromatic rings. The summed E-state index contributed by atoms with van der Waals surface area (Å²) in [4.78, 5) is 7.65. The number of hydrogen-bond acceptors (Lipinski definition) is 3. The maximum Gasteiger partial charge on any atom is 0.149 e. The van der Waals surface area contributed by atoms with E-state index in [0.717, 1.165) is 22.2 Å². The highest BCUT2D eigenvalue weighted by molar-refractivity contribution is 6.31. The van der Waals surface area contributed by atoms with Crippen molar-refractivity contribution in [3.8, 4) is 6.07 Å². The molecule has 2 aromatic heterocycles. The number of allylic oxidation sites excluding steroid dienone is 1. The van der Waals surface area contributed by atoms with Gasteiger partial charge in [0.25, 0.3) is 0 Å². The van der Waals surface area contributed by atoms with Gasteiger partial charge in [-0.3, -0.25) is 4.68 Å². The molecule has 0 saturated carbocycles. The van der Waals surface area contributed by atoms with Crippen molar-refractivity contribution in [3.63, 3.8) is 0 Å². The van der Waals surface area contributed by atoms with E-state index in [2.05, 4.69) is 21.1 Å². The van der Waals surface area contributed by atoms with E-state index in [4.69, 9.17) is 11.6 Å². The van der Waals surface area contributed by atoms with Gasteiger partial charge in [-0.05, 0) is 29.8 Å². The molecule has 1 N–H and O–H groups in total. The van der Waals surface area contributed by atoms with Crippen LogP contribution in [0, 0.1) is 11.3 Å². The highest BCUT2D eigenvalue weighted by Crippen LogP contribution is 2.20. The van der Waals surface area contributed by atoms with Crippen molar-refractivity contribution in [2.24, 2.45) is 0 Å². The summed E-state index contributed by atoms with van der Waals surface area (Å²) in [5, 5.41) is 14.6. The Morgan fingerprint density at radius 1 is 1.19 bits per heavy atom. The van der Waals surface area contributed by atoms with E-state index in [1.807, 2.05) is 54.7 Å². The van der Waals surface area contributed by atoms with Crippen LogP contribution in [0.1, 0.15) is 17.0 Å². The number of fused-ring (bicyclic) bond motifs is 1. The van der Waals surface area contributed by atoms with Crippen LogP contribution in [0.25, 0.3) is 22.7 Å². The number of nitriles is 1. The Morgan fingerprint density at radius 2 is 2.00 bits per heavy atom. The molecule has 5 nitrogen and oxygen atoms in total. The fourth-order valence-electron chi connectivity index (χ4n) is 2.74. The summed E-state index contributed by atoms with van der Waals surface area (Å²) >= 11 is 6.20. The number of benzene rings is 2. The van der Waals surface area contributed by atoms with Gasteiger partial charge < -0.3 is 4.98 Å². The molecule has 0 fully saturated rings. The lowest BCUT2D eigenvalue weighted by atomic mass is 10.2. The fraction of sp³-hybridized carbons (Fsp3) is 0.0500. The van der Waals surface area contributed by atoms with Crippen LogP contribution in [0.15, 0.2) is 60.9 Å². The molecule has 126 valence electrons. The van der Waals surface area contributed by atoms with Gasteiger partial charge in [0.05, 0.1) is 29.3 Å². The molecule has 0 amide bonds. The van der Waals surface area contributed by atoms with Gasteiger partial charge in [-0.1, -0.05) is 41.9 Å². The second-order valence-corrected chi connectivity index (χ2v) is 6.24. The number of H-pyrrole nitrogens is 1. The zero-order valence-electron chi connectivity index (χ0n) is 13.7. The minimum atomic E-state index is 0.457. The molecule has 2 aromatic carbocycles. The molecule has 0 spiro atoms. The van der Waals surface area contributed by atoms with Crippen molar-refractivity contribution in [2.45, 2.75) is 6.54 Å². The molecule has 0 radical (unpaired) electrons. The summed E-state index contributed by atoms with van der Waals surface area (Å²) < 4.78 is 1.79. The Kier molecular flexibility index (Phi) is 4.26. The monoisotopic (exact) mass is 359 g/mol. The normalized spacial score (nSPS) is 11.6. The number of aromatic nitrogens is 4. The average Bonchev–Trinajstić information content (AvgIpc) is 3.28. The Morgan fingerprint density at radius 3 is 2.81 bits per heavy atom. The van der Waals surface area contributed by atoms with Crippen molar-refractivity contribution in [1.29, 1.82) is 5.26 Å². The number of aromatic amines is 1. The van der Waals surface area contributed by atoms with Crippen LogP contribution in [0.2, 0.25) is 5.02 Å². The molecule has 0 aliphatic heterocycles. The summed E-state index contributed by atoms with van der Waals surface area (Å²) in [5.74, 6) is 0.549. The third-order valence-corrected chi connectivity index (χ3v) is 4.39. The van der Waals surface area contributed by atoms with Gasteiger partial charge in [0.1, 0.15) is 11.9 Å². The minimum Gasteiger partial charge on any atom is -0.337 e. The van der Waals surface area contributed by atoms with Crippen LogP contribution in [-0.2, 0) is 6.54 Å². The number of imidazole rings is 1. The number of para-hydroxylation sites is 2. The number of halogens is 1. The van der Waals surface area contributed by atoms with Gasteiger partial charge in [0.2, 0.25) is 0 Å². The maximum atomic E-state index is 9.52. The molecule has 0 atom stereocenters. The first-order valence-electron chi connectivity index (χ1n) is 8.06. The predicted octanol–water partition coefficient (Wildman–Crippen LogP) is 4.53. The highest BCUT2D eigenvalue weighted by Gasteiger charge is 2.09. The Labute approximate surface area is 155 Å². The van der Waals surface area contributed by atoms with Crippen molar-refractivity contribution in [2.75, 3.05) is 0 Å². The Bertz CT molecular complexity index is 1110. The molecule has 0 aliphatic carbocycles. The fourth-order valence-corrected chi connectivity index (χ4v) is 2.94. The lowest BCUT2D eigenvalue weighted by molar-refractivity contribution is 0.687. The Balaban J connectivity index is 1.62. The van der Waals surface area contributed by atoms with Crippen LogP contribution in [0.5, 0.6) is 0 Å². The molecule has 0 aliphatic rings. The van der Waals surface area contributed by atoms with Crippen LogP contribution in [0.3, 0.4) is 0 Å². The summed E-state index contributed by atoms with van der Waals surface area (Å²) in [6, 6.07) is 17.6. The lowest BCUT2D eigenvalue weighted by Crippen LogP contribution is -2.00. The van der Waals surface area contributed by atoms with Gasteiger partial charge in [-0.2, -0.15) is 10.4 Å². The molecule has 0 bridgehead atoms. The van der Waals surface area contributed by atoms with Gasteiger partial charge in [-0.25, -0.2) is 4.98 Å². The van der Waals surface area contributed by atoms with Crippen molar-refractivity contribution in [3.05, 3.63) is 82.9 Å². The first-order valence-corrected chi connectivity index (χ1v) is 8.43. The molecular weight excluding hydrogens is 346 g/mol. The Hall–Kier alpha value is -3.36. The minimum absolute atomic E-state index is 0.457. The maximum absolute atomic E-state index is 9.52. The van der Waals surface area contributed by atoms with Crippen LogP contribution >= 0.6 is 11.6 Å². The molecule has 0 saturated heterocycles. The second kappa shape index (κ2) is 6.87. The van der Waals surface area contributed by atoms with Gasteiger partial charge >= 0.3 is 0 Å². The second-order valence-electron chi connectivity index (χ2n) is 5.84. The van der Waals surface area contributed by atoms with Gasteiger partial charge in [0, 0.05) is 16.8 Å². The summed E-state index contributed by atoms with van der Waals surface area (Å²) in [6.07, 6.45) is 5.37. The third kappa shape index (κ3) is 3.23. The number of nitrogens with zero attached hydrogens (tertiary/aromatic N) is 4. The standard InChI is InChI=1S/C20H14ClN5/c21-17-6-2-1-5-15(17)13-26-12-14(11-23-26)9-16(10-22)20-24-18-7-3-4-8-19(18)25-20/h1-9,11-12H,13H2,(H,24,25)/b16-9+.